The number of esters is 1. The molecule has 1 aromatic rings. The monoisotopic (exact) mass is 487 g/mol. The van der Waals surface area contributed by atoms with Crippen LogP contribution in [-0.4, -0.2) is 48.0 Å². The molecular weight excluding hydrogens is 466 g/mol. The van der Waals surface area contributed by atoms with Gasteiger partial charge in [0.25, 0.3) is 5.91 Å². The lowest BCUT2D eigenvalue weighted by Gasteiger charge is -2.13. The Hall–Kier alpha value is -1.58. The van der Waals surface area contributed by atoms with E-state index < -0.39 is 5.97 Å². The molecule has 2 rings (SSSR count). The number of hydrogen-bond acceptors (Lipinski definition) is 7. The molecule has 28 heavy (non-hydrogen) atoms. The van der Waals surface area contributed by atoms with Crippen LogP contribution in [0.4, 0.5) is 0 Å². The van der Waals surface area contributed by atoms with Crippen molar-refractivity contribution in [1.29, 1.82) is 0 Å². The molecule has 1 aliphatic heterocycles. The van der Waals surface area contributed by atoms with Crippen molar-refractivity contribution in [2.75, 3.05) is 26.9 Å². The first-order valence-corrected chi connectivity index (χ1v) is 10.8. The van der Waals surface area contributed by atoms with Crippen LogP contribution in [0, 0.1) is 0 Å². The number of halogens is 1. The molecule has 1 heterocycles. The number of amides is 1. The third kappa shape index (κ3) is 5.71. The van der Waals surface area contributed by atoms with Crippen molar-refractivity contribution < 1.29 is 23.8 Å². The van der Waals surface area contributed by atoms with Gasteiger partial charge in [0.2, 0.25) is 0 Å². The quantitative estimate of drug-likeness (QED) is 0.221. The molecule has 0 aromatic heterocycles. The molecule has 152 valence electrons. The van der Waals surface area contributed by atoms with Crippen LogP contribution in [0.1, 0.15) is 32.3 Å². The van der Waals surface area contributed by atoms with E-state index >= 15 is 0 Å². The van der Waals surface area contributed by atoms with Crippen LogP contribution < -0.4 is 9.47 Å². The summed E-state index contributed by atoms with van der Waals surface area (Å²) in [6.45, 7) is 4.57. The van der Waals surface area contributed by atoms with Gasteiger partial charge in [-0.1, -0.05) is 37.3 Å². The first-order valence-electron chi connectivity index (χ1n) is 8.82. The summed E-state index contributed by atoms with van der Waals surface area (Å²) in [5.74, 6) is 0.380. The number of hydrogen-bond donors (Lipinski definition) is 0. The van der Waals surface area contributed by atoms with Crippen molar-refractivity contribution >= 4 is 62.2 Å². The number of carbonyl (C=O) groups excluding carboxylic acids is 2. The van der Waals surface area contributed by atoms with Crippen LogP contribution in [0.3, 0.4) is 0 Å². The van der Waals surface area contributed by atoms with Crippen molar-refractivity contribution in [2.45, 2.75) is 26.7 Å². The third-order valence-electron chi connectivity index (χ3n) is 3.76. The Balaban J connectivity index is 2.17. The number of benzene rings is 1. The van der Waals surface area contributed by atoms with Gasteiger partial charge in [-0.3, -0.25) is 14.5 Å². The van der Waals surface area contributed by atoms with E-state index in [0.29, 0.717) is 33.9 Å². The predicted molar refractivity (Wildman–Crippen MR) is 118 cm³/mol. The second-order valence-electron chi connectivity index (χ2n) is 5.81. The van der Waals surface area contributed by atoms with Crippen LogP contribution in [-0.2, 0) is 14.3 Å². The van der Waals surface area contributed by atoms with Crippen molar-refractivity contribution in [3.05, 3.63) is 27.1 Å². The average molecular weight is 488 g/mol. The fraction of sp³-hybridized carbons (Fsp3) is 0.421. The predicted octanol–water partition coefficient (Wildman–Crippen LogP) is 4.40. The van der Waals surface area contributed by atoms with Crippen molar-refractivity contribution in [2.24, 2.45) is 0 Å². The van der Waals surface area contributed by atoms with Gasteiger partial charge >= 0.3 is 5.97 Å². The fourth-order valence-corrected chi connectivity index (χ4v) is 4.23. The Morgan fingerprint density at radius 3 is 2.75 bits per heavy atom. The Labute approximate surface area is 182 Å². The first kappa shape index (κ1) is 22.7. The largest absolute Gasteiger partial charge is 0.493 e. The van der Waals surface area contributed by atoms with E-state index in [1.807, 2.05) is 19.9 Å². The maximum absolute atomic E-state index is 12.7. The van der Waals surface area contributed by atoms with E-state index in [4.69, 9.17) is 26.4 Å². The van der Waals surface area contributed by atoms with Gasteiger partial charge in [0.05, 0.1) is 29.7 Å². The Morgan fingerprint density at radius 1 is 1.36 bits per heavy atom. The third-order valence-corrected chi connectivity index (χ3v) is 5.73. The highest BCUT2D eigenvalue weighted by Gasteiger charge is 2.33. The Kier molecular flexibility index (Phi) is 8.78. The van der Waals surface area contributed by atoms with Crippen LogP contribution >= 0.6 is 39.9 Å². The van der Waals surface area contributed by atoms with E-state index in [1.54, 1.807) is 19.3 Å². The number of thioether (sulfide) groups is 1. The van der Waals surface area contributed by atoms with E-state index in [2.05, 4.69) is 15.9 Å². The maximum Gasteiger partial charge on any atom is 0.326 e. The first-order chi connectivity index (χ1) is 13.4. The summed E-state index contributed by atoms with van der Waals surface area (Å²) >= 11 is 9.88. The molecular formula is C19H22BrNO5S2. The normalized spacial score (nSPS) is 15.3. The highest BCUT2D eigenvalue weighted by molar-refractivity contribution is 9.10. The lowest BCUT2D eigenvalue weighted by molar-refractivity contribution is -0.146. The van der Waals surface area contributed by atoms with Crippen LogP contribution in [0.5, 0.6) is 11.5 Å². The van der Waals surface area contributed by atoms with Gasteiger partial charge in [-0.05, 0) is 53.0 Å². The van der Waals surface area contributed by atoms with Crippen LogP contribution in [0.2, 0.25) is 0 Å². The summed E-state index contributed by atoms with van der Waals surface area (Å²) in [5.41, 5.74) is 0.748. The van der Waals surface area contributed by atoms with Gasteiger partial charge in [0, 0.05) is 0 Å². The minimum atomic E-state index is -0.462. The van der Waals surface area contributed by atoms with Crippen molar-refractivity contribution in [3.63, 3.8) is 0 Å². The summed E-state index contributed by atoms with van der Waals surface area (Å²) in [4.78, 5) is 26.3. The summed E-state index contributed by atoms with van der Waals surface area (Å²) < 4.78 is 17.1. The summed E-state index contributed by atoms with van der Waals surface area (Å²) in [5, 5.41) is 0. The number of nitrogens with zero attached hydrogens (tertiary/aromatic N) is 1. The highest BCUT2D eigenvalue weighted by Crippen LogP contribution is 2.39. The SMILES string of the molecule is CCCCOC(=O)CN1C(=O)/C(=C/c2cc(Br)c(OCC)c(OC)c2)SC1=S. The van der Waals surface area contributed by atoms with Gasteiger partial charge in [-0.2, -0.15) is 0 Å². The molecule has 0 spiro atoms. The minimum Gasteiger partial charge on any atom is -0.493 e. The van der Waals surface area contributed by atoms with E-state index in [0.717, 1.165) is 34.6 Å². The van der Waals surface area contributed by atoms with Gasteiger partial charge in [0.1, 0.15) is 10.9 Å². The lowest BCUT2D eigenvalue weighted by atomic mass is 10.2. The number of methoxy groups -OCH3 is 1. The molecule has 1 fully saturated rings. The topological polar surface area (TPSA) is 65.1 Å². The molecule has 0 saturated carbocycles. The summed E-state index contributed by atoms with van der Waals surface area (Å²) in [6, 6.07) is 3.61. The second-order valence-corrected chi connectivity index (χ2v) is 8.34. The highest BCUT2D eigenvalue weighted by atomic mass is 79.9. The summed E-state index contributed by atoms with van der Waals surface area (Å²) in [7, 11) is 1.55. The maximum atomic E-state index is 12.7. The minimum absolute atomic E-state index is 0.179. The second kappa shape index (κ2) is 10.8. The Bertz CT molecular complexity index is 797. The molecule has 0 aliphatic carbocycles. The van der Waals surface area contributed by atoms with Gasteiger partial charge in [-0.25, -0.2) is 0 Å². The molecule has 0 radical (unpaired) electrons. The number of ether oxygens (including phenoxy) is 3. The van der Waals surface area contributed by atoms with Crippen LogP contribution in [0.15, 0.2) is 21.5 Å². The average Bonchev–Trinajstić information content (AvgIpc) is 2.91. The molecule has 0 unspecified atom stereocenters. The zero-order valence-corrected chi connectivity index (χ0v) is 19.2. The molecule has 6 nitrogen and oxygen atoms in total. The van der Waals surface area contributed by atoms with E-state index in [-0.39, 0.29) is 12.5 Å². The molecule has 1 aliphatic rings. The molecule has 0 bridgehead atoms. The van der Waals surface area contributed by atoms with Gasteiger partial charge < -0.3 is 14.2 Å². The van der Waals surface area contributed by atoms with Crippen LogP contribution in [0.25, 0.3) is 6.08 Å². The number of carbonyl (C=O) groups is 2. The molecule has 0 N–H and O–H groups in total. The standard InChI is InChI=1S/C19H22BrNO5S2/c1-4-6-7-26-16(22)11-21-18(23)15(28-19(21)27)10-12-8-13(20)17(25-5-2)14(9-12)24-3/h8-10H,4-7,11H2,1-3H3/b15-10-. The Morgan fingerprint density at radius 2 is 2.11 bits per heavy atom. The fourth-order valence-electron chi connectivity index (χ4n) is 2.40. The molecule has 0 atom stereocenters. The van der Waals surface area contributed by atoms with E-state index in [9.17, 15) is 9.59 Å². The summed E-state index contributed by atoms with van der Waals surface area (Å²) in [6.07, 6.45) is 3.43. The molecule has 1 saturated heterocycles. The molecule has 9 heteroatoms. The number of unbranched alkanes of at least 4 members (excludes halogenated alkanes) is 1. The van der Waals surface area contributed by atoms with Crippen molar-refractivity contribution in [3.8, 4) is 11.5 Å². The zero-order chi connectivity index (χ0) is 20.7. The zero-order valence-electron chi connectivity index (χ0n) is 16.0. The number of rotatable bonds is 9. The van der Waals surface area contributed by atoms with Gasteiger partial charge in [0.15, 0.2) is 11.5 Å². The van der Waals surface area contributed by atoms with Crippen molar-refractivity contribution in [1.82, 2.24) is 4.90 Å². The molecule has 1 aromatic carbocycles. The van der Waals surface area contributed by atoms with E-state index in [1.165, 1.54) is 4.90 Å². The molecule has 1 amide bonds. The lowest BCUT2D eigenvalue weighted by Crippen LogP contribution is -2.34. The van der Waals surface area contributed by atoms with Gasteiger partial charge in [-0.15, -0.1) is 0 Å². The smallest absolute Gasteiger partial charge is 0.326 e. The number of thiocarbonyl (C=S) groups is 1.